The number of rotatable bonds is 4. The van der Waals surface area contributed by atoms with Gasteiger partial charge in [-0.15, -0.1) is 0 Å². The first-order chi connectivity index (χ1) is 17.3. The summed E-state index contributed by atoms with van der Waals surface area (Å²) < 4.78 is 34.0. The number of amides is 1. The lowest BCUT2D eigenvalue weighted by atomic mass is 9.83. The summed E-state index contributed by atoms with van der Waals surface area (Å²) in [6.07, 6.45) is -0.572. The molecule has 0 radical (unpaired) electrons. The van der Waals surface area contributed by atoms with E-state index in [-0.39, 0.29) is 18.1 Å². The van der Waals surface area contributed by atoms with Gasteiger partial charge in [0.05, 0.1) is 0 Å². The van der Waals surface area contributed by atoms with Crippen LogP contribution >= 0.6 is 0 Å². The van der Waals surface area contributed by atoms with Crippen molar-refractivity contribution in [1.82, 2.24) is 10.3 Å². The highest BCUT2D eigenvalue weighted by molar-refractivity contribution is 5.94. The van der Waals surface area contributed by atoms with Gasteiger partial charge < -0.3 is 15.8 Å². The Morgan fingerprint density at radius 3 is 2.42 bits per heavy atom. The highest BCUT2D eigenvalue weighted by atomic mass is 19.1. The summed E-state index contributed by atoms with van der Waals surface area (Å²) in [5.41, 5.74) is 13.9. The number of carbonyl (C=O) groups is 1. The van der Waals surface area contributed by atoms with Crippen LogP contribution < -0.4 is 11.1 Å². The zero-order valence-corrected chi connectivity index (χ0v) is 19.7. The predicted octanol–water partition coefficient (Wildman–Crippen LogP) is 5.68. The molecule has 2 aliphatic heterocycles. The molecule has 5 nitrogen and oxygen atoms in total. The van der Waals surface area contributed by atoms with Crippen molar-refractivity contribution in [2.75, 3.05) is 5.73 Å². The fourth-order valence-corrected chi connectivity index (χ4v) is 5.30. The second-order valence-corrected chi connectivity index (χ2v) is 9.32. The van der Waals surface area contributed by atoms with Crippen LogP contribution in [0.3, 0.4) is 0 Å². The highest BCUT2D eigenvalue weighted by Crippen LogP contribution is 2.54. The van der Waals surface area contributed by atoms with Crippen molar-refractivity contribution >= 4 is 11.7 Å². The molecule has 0 aliphatic carbocycles. The molecule has 6 rings (SSSR count). The number of carbonyl (C=O) groups excluding carboxylic acids is 1. The lowest BCUT2D eigenvalue weighted by Crippen LogP contribution is -2.24. The van der Waals surface area contributed by atoms with Gasteiger partial charge in [0.15, 0.2) is 0 Å². The Hall–Kier alpha value is -4.10. The Morgan fingerprint density at radius 2 is 1.67 bits per heavy atom. The summed E-state index contributed by atoms with van der Waals surface area (Å²) in [6, 6.07) is 16.6. The monoisotopic (exact) mass is 483 g/mol. The van der Waals surface area contributed by atoms with E-state index in [1.807, 2.05) is 44.2 Å². The maximum absolute atomic E-state index is 14.4. The molecule has 2 atom stereocenters. The van der Waals surface area contributed by atoms with Crippen LogP contribution in [-0.4, -0.2) is 10.9 Å². The summed E-state index contributed by atoms with van der Waals surface area (Å²) in [6.45, 7) is 4.16. The summed E-state index contributed by atoms with van der Waals surface area (Å²) in [5, 5.41) is 2.98. The zero-order valence-electron chi connectivity index (χ0n) is 19.7. The third kappa shape index (κ3) is 3.55. The molecule has 0 unspecified atom stereocenters. The molecule has 0 saturated heterocycles. The van der Waals surface area contributed by atoms with Crippen LogP contribution in [0.2, 0.25) is 0 Å². The van der Waals surface area contributed by atoms with Gasteiger partial charge in [-0.2, -0.15) is 0 Å². The van der Waals surface area contributed by atoms with Gasteiger partial charge in [-0.3, -0.25) is 4.79 Å². The van der Waals surface area contributed by atoms with Gasteiger partial charge in [0.1, 0.15) is 29.7 Å². The minimum atomic E-state index is -0.613. The van der Waals surface area contributed by atoms with E-state index in [2.05, 4.69) is 10.3 Å². The number of nitrogens with two attached hydrogens (primary N) is 1. The fourth-order valence-electron chi connectivity index (χ4n) is 5.30. The average Bonchev–Trinajstić information content (AvgIpc) is 3.40. The number of fused-ring (bicyclic) bond motifs is 8. The molecule has 0 spiro atoms. The molecule has 0 saturated carbocycles. The van der Waals surface area contributed by atoms with Crippen LogP contribution in [-0.2, 0) is 11.3 Å². The van der Waals surface area contributed by atoms with Gasteiger partial charge in [-0.25, -0.2) is 13.8 Å². The first kappa shape index (κ1) is 22.4. The van der Waals surface area contributed by atoms with E-state index >= 15 is 0 Å². The Kier molecular flexibility index (Phi) is 5.12. The van der Waals surface area contributed by atoms with Crippen molar-refractivity contribution in [2.45, 2.75) is 32.6 Å². The Balaban J connectivity index is 1.27. The molecule has 3 heterocycles. The first-order valence-electron chi connectivity index (χ1n) is 11.7. The van der Waals surface area contributed by atoms with Crippen molar-refractivity contribution in [3.05, 3.63) is 117 Å². The lowest BCUT2D eigenvalue weighted by molar-refractivity contribution is 0.0857. The third-order valence-electron chi connectivity index (χ3n) is 7.08. The van der Waals surface area contributed by atoms with Gasteiger partial charge in [0.2, 0.25) is 0 Å². The van der Waals surface area contributed by atoms with E-state index in [1.165, 1.54) is 12.1 Å². The minimum absolute atomic E-state index is 0.196. The largest absolute Gasteiger partial charge is 0.384 e. The van der Waals surface area contributed by atoms with Crippen LogP contribution in [0.25, 0.3) is 11.1 Å². The lowest BCUT2D eigenvalue weighted by Gasteiger charge is -2.18. The number of anilines is 1. The number of nitrogens with zero attached hydrogens (tertiary/aromatic N) is 1. The summed E-state index contributed by atoms with van der Waals surface area (Å²) in [7, 11) is 0. The molecule has 2 bridgehead atoms. The van der Waals surface area contributed by atoms with Crippen molar-refractivity contribution in [1.29, 1.82) is 0 Å². The van der Waals surface area contributed by atoms with Crippen molar-refractivity contribution in [2.24, 2.45) is 0 Å². The van der Waals surface area contributed by atoms with Crippen molar-refractivity contribution < 1.29 is 18.3 Å². The summed E-state index contributed by atoms with van der Waals surface area (Å²) in [4.78, 5) is 17.3. The minimum Gasteiger partial charge on any atom is -0.384 e. The number of aromatic nitrogens is 1. The number of nitrogen functional groups attached to an aromatic ring is 1. The molecule has 180 valence electrons. The van der Waals surface area contributed by atoms with E-state index in [0.29, 0.717) is 29.1 Å². The van der Waals surface area contributed by atoms with Crippen molar-refractivity contribution in [3.8, 4) is 11.1 Å². The summed E-state index contributed by atoms with van der Waals surface area (Å²) >= 11 is 0. The zero-order chi connectivity index (χ0) is 25.1. The standard InChI is InChI=1S/C29H23F2N3O2/c1-14-9-26(32)34-15(2)24(14)13-33-29(35)17-4-7-21-23(11-17)28-22-10-16(3-6-20(22)27(21)36-28)19-8-5-18(30)12-25(19)31/h3-12,27-28H,13H2,1-2H3,(H2,32,34)(H,33,35)/t27-,28+/m0/s1. The second-order valence-electron chi connectivity index (χ2n) is 9.32. The van der Waals surface area contributed by atoms with Gasteiger partial charge in [0.25, 0.3) is 5.91 Å². The maximum Gasteiger partial charge on any atom is 0.251 e. The van der Waals surface area contributed by atoms with Crippen LogP contribution in [0.15, 0.2) is 60.7 Å². The molecule has 0 fully saturated rings. The average molecular weight is 484 g/mol. The van der Waals surface area contributed by atoms with Crippen LogP contribution in [0.5, 0.6) is 0 Å². The quantitative estimate of drug-likeness (QED) is 0.392. The van der Waals surface area contributed by atoms with E-state index in [1.54, 1.807) is 12.1 Å². The topological polar surface area (TPSA) is 77.2 Å². The number of hydrogen-bond donors (Lipinski definition) is 2. The molecule has 3 aromatic carbocycles. The number of hydrogen-bond acceptors (Lipinski definition) is 4. The van der Waals surface area contributed by atoms with Gasteiger partial charge >= 0.3 is 0 Å². The van der Waals surface area contributed by atoms with Gasteiger partial charge in [0, 0.05) is 29.4 Å². The summed E-state index contributed by atoms with van der Waals surface area (Å²) in [5.74, 6) is -0.962. The number of benzene rings is 3. The number of pyridine rings is 1. The SMILES string of the molecule is Cc1cc(N)nc(C)c1CNC(=O)c1ccc2c(c1)[C@@H]1O[C@H]2c2ccc(-c3ccc(F)cc3F)cc21. The first-order valence-corrected chi connectivity index (χ1v) is 11.7. The number of ether oxygens (including phenoxy) is 1. The molecular weight excluding hydrogens is 460 g/mol. The van der Waals surface area contributed by atoms with E-state index in [0.717, 1.165) is 45.1 Å². The molecule has 36 heavy (non-hydrogen) atoms. The molecule has 2 aliphatic rings. The second kappa shape index (κ2) is 8.24. The van der Waals surface area contributed by atoms with Crippen LogP contribution in [0.4, 0.5) is 14.6 Å². The van der Waals surface area contributed by atoms with Crippen molar-refractivity contribution in [3.63, 3.8) is 0 Å². The predicted molar refractivity (Wildman–Crippen MR) is 132 cm³/mol. The fraction of sp³-hybridized carbons (Fsp3) is 0.172. The molecular formula is C29H23F2N3O2. The van der Waals surface area contributed by atoms with E-state index < -0.39 is 11.6 Å². The molecule has 7 heteroatoms. The third-order valence-corrected chi connectivity index (χ3v) is 7.08. The molecule has 4 aromatic rings. The number of aryl methyl sites for hydroxylation is 2. The molecule has 1 aromatic heterocycles. The van der Waals surface area contributed by atoms with Crippen LogP contribution in [0, 0.1) is 25.5 Å². The maximum atomic E-state index is 14.4. The Morgan fingerprint density at radius 1 is 0.944 bits per heavy atom. The van der Waals surface area contributed by atoms with Gasteiger partial charge in [-0.05, 0) is 89.2 Å². The smallest absolute Gasteiger partial charge is 0.251 e. The Labute approximate surface area is 206 Å². The van der Waals surface area contributed by atoms with E-state index in [4.69, 9.17) is 10.5 Å². The number of nitrogens with one attached hydrogen (secondary N) is 1. The number of halogens is 2. The van der Waals surface area contributed by atoms with Gasteiger partial charge in [-0.1, -0.05) is 18.2 Å². The normalized spacial score (nSPS) is 17.1. The van der Waals surface area contributed by atoms with E-state index in [9.17, 15) is 13.6 Å². The molecule has 1 amide bonds. The molecule has 3 N–H and O–H groups in total. The van der Waals surface area contributed by atoms with Crippen LogP contribution in [0.1, 0.15) is 61.6 Å². The highest BCUT2D eigenvalue weighted by Gasteiger charge is 2.43. The Bertz CT molecular complexity index is 1540.